The summed E-state index contributed by atoms with van der Waals surface area (Å²) >= 11 is 0. The molecule has 1 atom stereocenters. The maximum absolute atomic E-state index is 12.7. The zero-order valence-electron chi connectivity index (χ0n) is 13.2. The van der Waals surface area contributed by atoms with Gasteiger partial charge in [-0.2, -0.15) is 0 Å². The number of hydrogen-bond donors (Lipinski definition) is 0. The average molecular weight is 324 g/mol. The van der Waals surface area contributed by atoms with Crippen LogP contribution in [-0.2, 0) is 14.8 Å². The maximum atomic E-state index is 12.7. The minimum Gasteiger partial charge on any atom is -0.341 e. The predicted molar refractivity (Wildman–Crippen MR) is 88.3 cm³/mol. The summed E-state index contributed by atoms with van der Waals surface area (Å²) in [5.74, 6) is -0.115. The molecule has 0 unspecified atom stereocenters. The van der Waals surface area contributed by atoms with Crippen molar-refractivity contribution in [2.75, 3.05) is 23.7 Å². The third-order valence-corrected chi connectivity index (χ3v) is 5.24. The van der Waals surface area contributed by atoms with E-state index in [2.05, 4.69) is 0 Å². The van der Waals surface area contributed by atoms with Crippen molar-refractivity contribution in [2.45, 2.75) is 38.6 Å². The molecule has 0 aromatic heterocycles. The van der Waals surface area contributed by atoms with Crippen molar-refractivity contribution >= 4 is 21.6 Å². The molecule has 1 heterocycles. The lowest BCUT2D eigenvalue weighted by Crippen LogP contribution is -2.49. The third-order valence-electron chi connectivity index (χ3n) is 3.99. The van der Waals surface area contributed by atoms with E-state index >= 15 is 0 Å². The highest BCUT2D eigenvalue weighted by atomic mass is 32.2. The molecular formula is C16H24N2O3S. The number of carbonyl (C=O) groups is 1. The number of nitrogens with zero attached hydrogens (tertiary/aromatic N) is 2. The SMILES string of the molecule is C[C@H](C(=O)N1CCCCCC1)N(c1ccccc1)S(C)(=O)=O. The average Bonchev–Trinajstić information content (AvgIpc) is 2.75. The summed E-state index contributed by atoms with van der Waals surface area (Å²) in [5.41, 5.74) is 0.528. The highest BCUT2D eigenvalue weighted by molar-refractivity contribution is 7.92. The Bertz CT molecular complexity index is 593. The Hall–Kier alpha value is -1.56. The van der Waals surface area contributed by atoms with E-state index in [0.717, 1.165) is 45.0 Å². The highest BCUT2D eigenvalue weighted by Crippen LogP contribution is 2.22. The number of hydrogen-bond acceptors (Lipinski definition) is 3. The van der Waals surface area contributed by atoms with Crippen LogP contribution in [0.4, 0.5) is 5.69 Å². The summed E-state index contributed by atoms with van der Waals surface area (Å²) < 4.78 is 25.6. The van der Waals surface area contributed by atoms with Gasteiger partial charge in [-0.1, -0.05) is 31.0 Å². The summed E-state index contributed by atoms with van der Waals surface area (Å²) in [6.07, 6.45) is 5.39. The number of likely N-dealkylation sites (tertiary alicyclic amines) is 1. The number of sulfonamides is 1. The topological polar surface area (TPSA) is 57.7 Å². The largest absolute Gasteiger partial charge is 0.341 e. The molecule has 1 saturated heterocycles. The van der Waals surface area contributed by atoms with Crippen LogP contribution in [-0.4, -0.2) is 44.6 Å². The van der Waals surface area contributed by atoms with E-state index < -0.39 is 16.1 Å². The molecule has 22 heavy (non-hydrogen) atoms. The van der Waals surface area contributed by atoms with Crippen LogP contribution >= 0.6 is 0 Å². The van der Waals surface area contributed by atoms with Crippen molar-refractivity contribution in [1.82, 2.24) is 4.90 Å². The van der Waals surface area contributed by atoms with E-state index in [1.165, 1.54) is 4.31 Å². The molecule has 1 aliphatic heterocycles. The number of anilines is 1. The first-order valence-electron chi connectivity index (χ1n) is 7.74. The van der Waals surface area contributed by atoms with Crippen molar-refractivity contribution in [3.63, 3.8) is 0 Å². The Kier molecular flexibility index (Phi) is 5.45. The van der Waals surface area contributed by atoms with Gasteiger partial charge in [0, 0.05) is 13.1 Å². The number of rotatable bonds is 4. The maximum Gasteiger partial charge on any atom is 0.246 e. The Balaban J connectivity index is 2.25. The zero-order chi connectivity index (χ0) is 16.2. The molecule has 0 spiro atoms. The van der Waals surface area contributed by atoms with Crippen molar-refractivity contribution in [1.29, 1.82) is 0 Å². The van der Waals surface area contributed by atoms with Gasteiger partial charge in [-0.25, -0.2) is 8.42 Å². The molecule has 2 rings (SSSR count). The minimum absolute atomic E-state index is 0.115. The van der Waals surface area contributed by atoms with E-state index in [1.54, 1.807) is 36.1 Å². The fourth-order valence-electron chi connectivity index (χ4n) is 2.93. The molecule has 6 heteroatoms. The summed E-state index contributed by atoms with van der Waals surface area (Å²) in [7, 11) is -3.52. The van der Waals surface area contributed by atoms with Crippen molar-refractivity contribution in [3.05, 3.63) is 30.3 Å². The van der Waals surface area contributed by atoms with Crippen LogP contribution in [0.15, 0.2) is 30.3 Å². The van der Waals surface area contributed by atoms with Gasteiger partial charge < -0.3 is 4.90 Å². The van der Waals surface area contributed by atoms with Crippen LogP contribution in [0.3, 0.4) is 0 Å². The van der Waals surface area contributed by atoms with Gasteiger partial charge in [0.1, 0.15) is 6.04 Å². The first-order chi connectivity index (χ1) is 10.4. The van der Waals surface area contributed by atoms with Gasteiger partial charge in [0.2, 0.25) is 15.9 Å². The smallest absolute Gasteiger partial charge is 0.246 e. The first-order valence-corrected chi connectivity index (χ1v) is 9.59. The number of benzene rings is 1. The van der Waals surface area contributed by atoms with E-state index in [9.17, 15) is 13.2 Å². The van der Waals surface area contributed by atoms with Crippen molar-refractivity contribution in [3.8, 4) is 0 Å². The number of carbonyl (C=O) groups excluding carboxylic acids is 1. The van der Waals surface area contributed by atoms with Gasteiger partial charge in [-0.15, -0.1) is 0 Å². The van der Waals surface area contributed by atoms with E-state index in [4.69, 9.17) is 0 Å². The monoisotopic (exact) mass is 324 g/mol. The predicted octanol–water partition coefficient (Wildman–Crippen LogP) is 2.24. The van der Waals surface area contributed by atoms with Crippen LogP contribution in [0.5, 0.6) is 0 Å². The lowest BCUT2D eigenvalue weighted by Gasteiger charge is -2.32. The molecule has 0 radical (unpaired) electrons. The molecule has 1 aromatic carbocycles. The van der Waals surface area contributed by atoms with Gasteiger partial charge in [-0.05, 0) is 31.9 Å². The fraction of sp³-hybridized carbons (Fsp3) is 0.562. The summed E-state index contributed by atoms with van der Waals surface area (Å²) in [6.45, 7) is 3.10. The van der Waals surface area contributed by atoms with Crippen LogP contribution < -0.4 is 4.31 Å². The minimum atomic E-state index is -3.52. The van der Waals surface area contributed by atoms with Crippen LogP contribution in [0.25, 0.3) is 0 Å². The second-order valence-corrected chi connectivity index (χ2v) is 7.67. The molecule has 1 fully saturated rings. The number of amides is 1. The lowest BCUT2D eigenvalue weighted by molar-refractivity contribution is -0.131. The number of para-hydroxylation sites is 1. The fourth-order valence-corrected chi connectivity index (χ4v) is 4.10. The van der Waals surface area contributed by atoms with Gasteiger partial charge in [0.15, 0.2) is 0 Å². The Morgan fingerprint density at radius 3 is 2.14 bits per heavy atom. The molecule has 1 amide bonds. The van der Waals surface area contributed by atoms with Crippen LogP contribution in [0.2, 0.25) is 0 Å². The van der Waals surface area contributed by atoms with Gasteiger partial charge in [0.25, 0.3) is 0 Å². The molecule has 122 valence electrons. The molecule has 0 saturated carbocycles. The van der Waals surface area contributed by atoms with E-state index in [0.29, 0.717) is 5.69 Å². The summed E-state index contributed by atoms with van der Waals surface area (Å²) in [4.78, 5) is 14.5. The van der Waals surface area contributed by atoms with Crippen LogP contribution in [0.1, 0.15) is 32.6 Å². The van der Waals surface area contributed by atoms with Gasteiger partial charge in [-0.3, -0.25) is 9.10 Å². The molecular weight excluding hydrogens is 300 g/mol. The molecule has 5 nitrogen and oxygen atoms in total. The summed E-state index contributed by atoms with van der Waals surface area (Å²) in [5, 5.41) is 0. The van der Waals surface area contributed by atoms with Crippen molar-refractivity contribution in [2.24, 2.45) is 0 Å². The normalized spacial score (nSPS) is 17.6. The van der Waals surface area contributed by atoms with Crippen molar-refractivity contribution < 1.29 is 13.2 Å². The van der Waals surface area contributed by atoms with Gasteiger partial charge in [0.05, 0.1) is 11.9 Å². The Morgan fingerprint density at radius 1 is 1.09 bits per heavy atom. The summed E-state index contributed by atoms with van der Waals surface area (Å²) in [6, 6.07) is 8.08. The van der Waals surface area contributed by atoms with Crippen LogP contribution in [0, 0.1) is 0 Å². The highest BCUT2D eigenvalue weighted by Gasteiger charge is 2.31. The molecule has 0 N–H and O–H groups in total. The Labute approximate surface area is 133 Å². The zero-order valence-corrected chi connectivity index (χ0v) is 14.1. The Morgan fingerprint density at radius 2 is 1.64 bits per heavy atom. The second-order valence-electron chi connectivity index (χ2n) is 5.81. The lowest BCUT2D eigenvalue weighted by atomic mass is 10.2. The molecule has 0 bridgehead atoms. The standard InChI is InChI=1S/C16H24N2O3S/c1-14(16(19)17-12-8-3-4-9-13-17)18(22(2,20)21)15-10-6-5-7-11-15/h5-7,10-11,14H,3-4,8-9,12-13H2,1-2H3/t14-/m1/s1. The molecule has 1 aromatic rings. The van der Waals surface area contributed by atoms with E-state index in [-0.39, 0.29) is 5.91 Å². The quantitative estimate of drug-likeness (QED) is 0.853. The molecule has 0 aliphatic carbocycles. The first kappa shape index (κ1) is 16.8. The van der Waals surface area contributed by atoms with Gasteiger partial charge >= 0.3 is 0 Å². The third kappa shape index (κ3) is 4.00. The van der Waals surface area contributed by atoms with E-state index in [1.807, 2.05) is 6.07 Å². The second kappa shape index (κ2) is 7.13. The molecule has 1 aliphatic rings.